The molecule has 5 aromatic carbocycles. The van der Waals surface area contributed by atoms with Gasteiger partial charge in [0.2, 0.25) is 0 Å². The molecule has 2 heteroatoms. The normalized spacial score (nSPS) is 18.3. The molecule has 0 saturated heterocycles. The summed E-state index contributed by atoms with van der Waals surface area (Å²) in [6, 6.07) is 41.6. The molecule has 0 amide bonds. The molecule has 0 bridgehead atoms. The number of hydrogen-bond donors (Lipinski definition) is 0. The van der Waals surface area contributed by atoms with Crippen LogP contribution in [0.3, 0.4) is 0 Å². The third-order valence-corrected chi connectivity index (χ3v) is 7.36. The summed E-state index contributed by atoms with van der Waals surface area (Å²) >= 11 is 0. The van der Waals surface area contributed by atoms with E-state index in [1.54, 1.807) is 0 Å². The summed E-state index contributed by atoms with van der Waals surface area (Å²) in [5.74, 6) is 0.351. The predicted molar refractivity (Wildman–Crippen MR) is 143 cm³/mol. The van der Waals surface area contributed by atoms with Crippen molar-refractivity contribution in [1.29, 1.82) is 0 Å². The van der Waals surface area contributed by atoms with Gasteiger partial charge in [-0.15, -0.1) is 0 Å². The third kappa shape index (κ3) is 2.78. The molecule has 5 aromatic rings. The van der Waals surface area contributed by atoms with Crippen molar-refractivity contribution in [1.82, 2.24) is 0 Å². The summed E-state index contributed by atoms with van der Waals surface area (Å²) in [6.45, 7) is 2.33. The molecule has 0 spiro atoms. The lowest BCUT2D eigenvalue weighted by Crippen LogP contribution is -2.39. The monoisotopic (exact) mass is 436 g/mol. The second-order valence-corrected chi connectivity index (χ2v) is 9.26. The number of aliphatic imine (C=N–C) groups is 1. The van der Waals surface area contributed by atoms with E-state index in [4.69, 9.17) is 4.99 Å². The largest absolute Gasteiger partial charge is 0.330 e. The van der Waals surface area contributed by atoms with Crippen LogP contribution < -0.4 is 4.90 Å². The molecular weight excluding hydrogens is 412 g/mol. The number of fused-ring (bicyclic) bond motifs is 6. The highest BCUT2D eigenvalue weighted by Crippen LogP contribution is 2.51. The molecule has 2 unspecified atom stereocenters. The molecule has 2 aliphatic heterocycles. The highest BCUT2D eigenvalue weighted by molar-refractivity contribution is 6.13. The van der Waals surface area contributed by atoms with Crippen LogP contribution in [0.2, 0.25) is 0 Å². The molecule has 0 fully saturated rings. The van der Waals surface area contributed by atoms with E-state index in [0.29, 0.717) is 5.92 Å². The van der Waals surface area contributed by atoms with E-state index in [-0.39, 0.29) is 6.04 Å². The van der Waals surface area contributed by atoms with Crippen molar-refractivity contribution < 1.29 is 0 Å². The first kappa shape index (κ1) is 19.3. The summed E-state index contributed by atoms with van der Waals surface area (Å²) in [7, 11) is 0. The Morgan fingerprint density at radius 1 is 0.647 bits per heavy atom. The Hall–Kier alpha value is -4.17. The van der Waals surface area contributed by atoms with Crippen molar-refractivity contribution in [2.24, 2.45) is 4.99 Å². The van der Waals surface area contributed by atoms with E-state index < -0.39 is 0 Å². The van der Waals surface area contributed by atoms with E-state index in [1.807, 2.05) is 0 Å². The van der Waals surface area contributed by atoms with Gasteiger partial charge < -0.3 is 4.90 Å². The van der Waals surface area contributed by atoms with Crippen LogP contribution in [0.5, 0.6) is 0 Å². The van der Waals surface area contributed by atoms with Crippen molar-refractivity contribution >= 4 is 33.5 Å². The second-order valence-electron chi connectivity index (χ2n) is 9.26. The molecule has 34 heavy (non-hydrogen) atoms. The second kappa shape index (κ2) is 7.43. The fourth-order valence-corrected chi connectivity index (χ4v) is 5.79. The Morgan fingerprint density at radius 3 is 2.29 bits per heavy atom. The summed E-state index contributed by atoms with van der Waals surface area (Å²) < 4.78 is 0. The van der Waals surface area contributed by atoms with E-state index in [1.165, 1.54) is 44.4 Å². The first-order valence-corrected chi connectivity index (χ1v) is 11.9. The summed E-state index contributed by atoms with van der Waals surface area (Å²) in [5.41, 5.74) is 9.74. The van der Waals surface area contributed by atoms with Gasteiger partial charge in [-0.05, 0) is 57.3 Å². The van der Waals surface area contributed by atoms with Gasteiger partial charge in [0.15, 0.2) is 0 Å². The zero-order valence-corrected chi connectivity index (χ0v) is 19.0. The molecule has 0 saturated carbocycles. The Labute approximate surface area is 199 Å². The van der Waals surface area contributed by atoms with Gasteiger partial charge >= 0.3 is 0 Å². The van der Waals surface area contributed by atoms with Gasteiger partial charge in [-0.25, -0.2) is 4.99 Å². The smallest absolute Gasteiger partial charge is 0.0871 e. The van der Waals surface area contributed by atoms with Crippen LogP contribution in [0.25, 0.3) is 21.9 Å². The maximum absolute atomic E-state index is 5.26. The Balaban J connectivity index is 1.42. The fraction of sp³-hybridized carbons (Fsp3) is 0.0938. The van der Waals surface area contributed by atoms with Crippen molar-refractivity contribution in [3.8, 4) is 11.1 Å². The van der Waals surface area contributed by atoms with Crippen LogP contribution in [0.15, 0.2) is 120 Å². The molecule has 2 nitrogen and oxygen atoms in total. The van der Waals surface area contributed by atoms with Crippen LogP contribution in [0.1, 0.15) is 24.0 Å². The van der Waals surface area contributed by atoms with E-state index in [0.717, 1.165) is 11.4 Å². The summed E-state index contributed by atoms with van der Waals surface area (Å²) in [6.07, 6.45) is 0. The molecular formula is C32H24N2. The van der Waals surface area contributed by atoms with E-state index in [9.17, 15) is 0 Å². The van der Waals surface area contributed by atoms with Gasteiger partial charge in [-0.3, -0.25) is 0 Å². The van der Waals surface area contributed by atoms with Gasteiger partial charge in [-0.2, -0.15) is 0 Å². The van der Waals surface area contributed by atoms with Crippen molar-refractivity contribution in [3.05, 3.63) is 126 Å². The average Bonchev–Trinajstić information content (AvgIpc) is 3.21. The number of para-hydroxylation sites is 3. The lowest BCUT2D eigenvalue weighted by atomic mass is 9.88. The van der Waals surface area contributed by atoms with E-state index >= 15 is 0 Å². The predicted octanol–water partition coefficient (Wildman–Crippen LogP) is 8.27. The minimum absolute atomic E-state index is 0.176. The maximum atomic E-state index is 5.26. The van der Waals surface area contributed by atoms with Gasteiger partial charge in [0.25, 0.3) is 0 Å². The van der Waals surface area contributed by atoms with Crippen LogP contribution in [-0.2, 0) is 0 Å². The van der Waals surface area contributed by atoms with Crippen LogP contribution in [0.4, 0.5) is 17.1 Å². The SMILES string of the molecule is CC1c2ccccc2N2c3ccccc3N=C(c3cccc(-c4cccc5ccccc45)c3)C12. The van der Waals surface area contributed by atoms with E-state index in [2.05, 4.69) is 127 Å². The minimum Gasteiger partial charge on any atom is -0.330 e. The number of rotatable bonds is 2. The van der Waals surface area contributed by atoms with Gasteiger partial charge in [0.05, 0.1) is 23.1 Å². The lowest BCUT2D eigenvalue weighted by Gasteiger charge is -2.35. The quantitative estimate of drug-likeness (QED) is 0.272. The molecule has 2 atom stereocenters. The van der Waals surface area contributed by atoms with Gasteiger partial charge in [0.1, 0.15) is 0 Å². The van der Waals surface area contributed by atoms with Crippen molar-refractivity contribution in [2.45, 2.75) is 18.9 Å². The molecule has 2 heterocycles. The molecule has 0 aliphatic carbocycles. The van der Waals surface area contributed by atoms with Crippen LogP contribution in [0, 0.1) is 0 Å². The first-order valence-electron chi connectivity index (χ1n) is 11.9. The standard InChI is InChI=1S/C32H24N2/c1-21-25-14-4-6-18-29(25)34-30-19-7-5-17-28(30)33-31(32(21)34)24-13-8-12-23(20-24)27-16-9-11-22-10-2-3-15-26(22)27/h2-21,32H,1H3. The Bertz CT molecular complexity index is 1590. The lowest BCUT2D eigenvalue weighted by molar-refractivity contribution is 0.721. The zero-order valence-electron chi connectivity index (χ0n) is 19.0. The van der Waals surface area contributed by atoms with Crippen LogP contribution in [-0.4, -0.2) is 11.8 Å². The molecule has 0 N–H and O–H groups in total. The number of hydrogen-bond acceptors (Lipinski definition) is 2. The molecule has 0 aromatic heterocycles. The number of benzene rings is 5. The third-order valence-electron chi connectivity index (χ3n) is 7.36. The fourth-order valence-electron chi connectivity index (χ4n) is 5.79. The summed E-state index contributed by atoms with van der Waals surface area (Å²) in [4.78, 5) is 7.77. The number of anilines is 2. The maximum Gasteiger partial charge on any atom is 0.0871 e. The Kier molecular flexibility index (Phi) is 4.22. The number of nitrogens with zero attached hydrogens (tertiary/aromatic N) is 2. The molecule has 2 aliphatic rings. The van der Waals surface area contributed by atoms with Crippen molar-refractivity contribution in [3.63, 3.8) is 0 Å². The van der Waals surface area contributed by atoms with Gasteiger partial charge in [-0.1, -0.05) is 97.9 Å². The first-order chi connectivity index (χ1) is 16.8. The minimum atomic E-state index is 0.176. The average molecular weight is 437 g/mol. The van der Waals surface area contributed by atoms with Crippen molar-refractivity contribution in [2.75, 3.05) is 4.90 Å². The molecule has 162 valence electrons. The highest BCUT2D eigenvalue weighted by atomic mass is 15.2. The van der Waals surface area contributed by atoms with Crippen LogP contribution >= 0.6 is 0 Å². The van der Waals surface area contributed by atoms with Gasteiger partial charge in [0, 0.05) is 11.6 Å². The molecule has 0 radical (unpaired) electrons. The Morgan fingerprint density at radius 2 is 1.35 bits per heavy atom. The zero-order chi connectivity index (χ0) is 22.6. The topological polar surface area (TPSA) is 15.6 Å². The molecule has 7 rings (SSSR count). The summed E-state index contributed by atoms with van der Waals surface area (Å²) in [5, 5.41) is 2.54. The highest BCUT2D eigenvalue weighted by Gasteiger charge is 2.42.